The van der Waals surface area contributed by atoms with Crippen molar-refractivity contribution >= 4 is 56.5 Å². The van der Waals surface area contributed by atoms with Crippen LogP contribution in [-0.4, -0.2) is 34.6 Å². The molecule has 10 unspecified atom stereocenters. The molecule has 10 atom stereocenters. The summed E-state index contributed by atoms with van der Waals surface area (Å²) < 4.78 is 11.5. The Balaban J connectivity index is 0.940. The zero-order valence-corrected chi connectivity index (χ0v) is 39.7. The van der Waals surface area contributed by atoms with E-state index in [-0.39, 0.29) is 12.1 Å². The molecule has 5 aromatic heterocycles. The summed E-state index contributed by atoms with van der Waals surface area (Å²) in [6.45, 7) is 7.30. The van der Waals surface area contributed by atoms with Gasteiger partial charge < -0.3 is 0 Å². The first-order valence-corrected chi connectivity index (χ1v) is 28.2. The van der Waals surface area contributed by atoms with E-state index in [9.17, 15) is 0 Å². The minimum absolute atomic E-state index is 0.175. The number of benzene rings is 2. The highest BCUT2D eigenvalue weighted by Crippen LogP contribution is 2.77. The van der Waals surface area contributed by atoms with Gasteiger partial charge in [0.1, 0.15) is 28.8 Å². The minimum atomic E-state index is -0.203. The molecule has 23 rings (SSSR count). The number of imidazole rings is 2. The van der Waals surface area contributed by atoms with E-state index in [0.29, 0.717) is 34.5 Å². The molecule has 0 saturated heterocycles. The second-order valence-corrected chi connectivity index (χ2v) is 28.0. The van der Waals surface area contributed by atoms with E-state index in [1.54, 1.807) is 55.7 Å². The molecule has 10 bridgehead atoms. The molecule has 8 fully saturated rings. The fourth-order valence-corrected chi connectivity index (χ4v) is 22.8. The molecular weight excluding hydrogens is 816 g/mol. The van der Waals surface area contributed by atoms with Crippen LogP contribution in [0.4, 0.5) is 0 Å². The first kappa shape index (κ1) is 34.9. The van der Waals surface area contributed by atoms with Gasteiger partial charge in [-0.2, -0.15) is 0 Å². The molecule has 2 aromatic carbocycles. The molecule has 0 amide bonds. The van der Waals surface area contributed by atoms with Crippen molar-refractivity contribution in [2.24, 2.45) is 34.5 Å². The third-order valence-electron chi connectivity index (χ3n) is 25.1. The van der Waals surface area contributed by atoms with Gasteiger partial charge in [0.05, 0.1) is 22.1 Å². The van der Waals surface area contributed by atoms with E-state index in [4.69, 9.17) is 9.97 Å². The SMILES string of the molecule is CC(C)(C)c1nc2c3c(n1)-n1c4cc5c(cc4n4c6c(c(c14)B3c1c3c(n4c7cc8c(cc7n-2c14)C1CC2CC4CC8CC24C1)C1CCC3CC1)C1CCC6CC1)C1CC2CC3CC5CC32C1. The Bertz CT molecular complexity index is 3430. The molecule has 7 heteroatoms. The van der Waals surface area contributed by atoms with Crippen LogP contribution in [0, 0.1) is 34.5 Å². The predicted molar refractivity (Wildman–Crippen MR) is 265 cm³/mol. The first-order valence-electron chi connectivity index (χ1n) is 28.2. The Hall–Kier alpha value is -4.26. The standard InChI is InChI=1S/C60H61BN6/c1-58(2,3)57-62-53-50-54(63-57)67-45-21-41-33-15-37-17-35-13-31(23-60(35,37)25-33)39(41)19-43(45)65-52-29-10-6-27(7-11-29)47(52)49(56(65)67)61(50)48-46-26-4-8-28(9-5-26)51(46)64-42-18-38-30-12-34-16-36-14-32(24-59(34,36)22-30)40(38)20-44(42)66(53)55(48)64/h18-21,26-37H,4-17,22-25H2,1-3H3. The summed E-state index contributed by atoms with van der Waals surface area (Å²) in [6, 6.07) is 11.3. The number of fused-ring (bicyclic) bond motifs is 24. The summed E-state index contributed by atoms with van der Waals surface area (Å²) in [6.07, 6.45) is 25.5. The van der Waals surface area contributed by atoms with Gasteiger partial charge in [0.2, 0.25) is 0 Å². The van der Waals surface area contributed by atoms with Gasteiger partial charge >= 0.3 is 0 Å². The van der Waals surface area contributed by atoms with Crippen LogP contribution < -0.4 is 16.4 Å². The van der Waals surface area contributed by atoms with Gasteiger partial charge in [0.15, 0.2) is 0 Å². The molecule has 7 heterocycles. The second-order valence-electron chi connectivity index (χ2n) is 28.0. The van der Waals surface area contributed by atoms with Crippen LogP contribution in [0.3, 0.4) is 0 Å². The monoisotopic (exact) mass is 877 g/mol. The van der Waals surface area contributed by atoms with Gasteiger partial charge in [-0.05, 0) is 266 Å². The highest BCUT2D eigenvalue weighted by molar-refractivity contribution is 7.00. The average Bonchev–Trinajstić information content (AvgIpc) is 4.21. The Kier molecular flexibility index (Phi) is 5.37. The van der Waals surface area contributed by atoms with Crippen LogP contribution in [-0.2, 0) is 5.41 Å². The van der Waals surface area contributed by atoms with Crippen molar-refractivity contribution in [1.82, 2.24) is 27.9 Å². The van der Waals surface area contributed by atoms with Crippen molar-refractivity contribution in [1.29, 1.82) is 0 Å². The largest absolute Gasteiger partial charge is 0.298 e. The predicted octanol–water partition coefficient (Wildman–Crippen LogP) is 11.6. The third kappa shape index (κ3) is 3.42. The van der Waals surface area contributed by atoms with E-state index in [1.807, 2.05) is 0 Å². The lowest BCUT2D eigenvalue weighted by Crippen LogP contribution is -2.62. The molecule has 2 spiro atoms. The lowest BCUT2D eigenvalue weighted by Gasteiger charge is -2.48. The van der Waals surface area contributed by atoms with Gasteiger partial charge in [0, 0.05) is 22.3 Å². The van der Waals surface area contributed by atoms with Gasteiger partial charge in [0.25, 0.3) is 6.71 Å². The summed E-state index contributed by atoms with van der Waals surface area (Å²) in [7, 11) is 0. The van der Waals surface area contributed by atoms with Crippen LogP contribution in [0.2, 0.25) is 0 Å². The van der Waals surface area contributed by atoms with Crippen LogP contribution >= 0.6 is 0 Å². The molecule has 0 radical (unpaired) electrons. The van der Waals surface area contributed by atoms with E-state index in [1.165, 1.54) is 166 Å². The summed E-state index contributed by atoms with van der Waals surface area (Å²) in [5.41, 5.74) is 28.8. The Labute approximate surface area is 392 Å². The maximum atomic E-state index is 6.03. The second kappa shape index (κ2) is 10.3. The van der Waals surface area contributed by atoms with Crippen LogP contribution in [0.1, 0.15) is 234 Å². The molecule has 8 saturated carbocycles. The molecule has 16 aliphatic rings. The third-order valence-corrected chi connectivity index (χ3v) is 25.1. The maximum absolute atomic E-state index is 6.03. The molecule has 6 nitrogen and oxygen atoms in total. The first-order chi connectivity index (χ1) is 32.7. The van der Waals surface area contributed by atoms with Gasteiger partial charge in [-0.15, -0.1) is 0 Å². The smallest absolute Gasteiger partial charge is 0.261 e. The van der Waals surface area contributed by atoms with E-state index in [2.05, 4.69) is 63.0 Å². The maximum Gasteiger partial charge on any atom is 0.261 e. The zero-order valence-electron chi connectivity index (χ0n) is 39.7. The van der Waals surface area contributed by atoms with Crippen molar-refractivity contribution in [3.8, 4) is 11.6 Å². The Morgan fingerprint density at radius 2 is 0.836 bits per heavy atom. The van der Waals surface area contributed by atoms with Gasteiger partial charge in [-0.3, -0.25) is 17.9 Å². The van der Waals surface area contributed by atoms with Crippen LogP contribution in [0.15, 0.2) is 24.3 Å². The number of hydrogen-bond acceptors (Lipinski definition) is 2. The number of nitrogens with zero attached hydrogens (tertiary/aromatic N) is 6. The van der Waals surface area contributed by atoms with E-state index >= 15 is 0 Å². The Morgan fingerprint density at radius 1 is 0.463 bits per heavy atom. The van der Waals surface area contributed by atoms with Crippen molar-refractivity contribution in [3.63, 3.8) is 0 Å². The molecule has 2 aliphatic heterocycles. The quantitative estimate of drug-likeness (QED) is 0.143. The van der Waals surface area contributed by atoms with Crippen LogP contribution in [0.25, 0.3) is 45.0 Å². The average molecular weight is 877 g/mol. The molecular formula is C60H61BN6. The van der Waals surface area contributed by atoms with Crippen LogP contribution in [0.5, 0.6) is 0 Å². The van der Waals surface area contributed by atoms with Crippen molar-refractivity contribution in [2.45, 2.75) is 189 Å². The number of hydrogen-bond donors (Lipinski definition) is 0. The molecule has 7 aromatic rings. The van der Waals surface area contributed by atoms with Crippen molar-refractivity contribution < 1.29 is 0 Å². The van der Waals surface area contributed by atoms with Gasteiger partial charge in [-0.1, -0.05) is 20.8 Å². The summed E-state index contributed by atoms with van der Waals surface area (Å²) in [4.78, 5) is 12.1. The molecule has 334 valence electrons. The van der Waals surface area contributed by atoms with E-state index in [0.717, 1.165) is 53.2 Å². The summed E-state index contributed by atoms with van der Waals surface area (Å²) in [5, 5.41) is 0. The van der Waals surface area contributed by atoms with E-state index < -0.39 is 0 Å². The lowest BCUT2D eigenvalue weighted by atomic mass is 9.33. The lowest BCUT2D eigenvalue weighted by molar-refractivity contribution is 0.00321. The van der Waals surface area contributed by atoms with Gasteiger partial charge in [-0.25, -0.2) is 9.97 Å². The fraction of sp³-hybridized carbons (Fsp3) is 0.600. The normalized spacial score (nSPS) is 40.1. The highest BCUT2D eigenvalue weighted by atomic mass is 15.2. The minimum Gasteiger partial charge on any atom is -0.298 e. The topological polar surface area (TPSA) is 44.5 Å². The van der Waals surface area contributed by atoms with Crippen molar-refractivity contribution in [3.05, 3.63) is 74.9 Å². The zero-order chi connectivity index (χ0) is 42.8. The fourth-order valence-electron chi connectivity index (χ4n) is 22.8. The summed E-state index contributed by atoms with van der Waals surface area (Å²) in [5.74, 6) is 12.9. The summed E-state index contributed by atoms with van der Waals surface area (Å²) >= 11 is 0. The molecule has 14 aliphatic carbocycles. The van der Waals surface area contributed by atoms with Crippen molar-refractivity contribution in [2.75, 3.05) is 0 Å². The highest BCUT2D eigenvalue weighted by Gasteiger charge is 2.67. The molecule has 67 heavy (non-hydrogen) atoms. The number of rotatable bonds is 0. The number of aromatic nitrogens is 6. The Morgan fingerprint density at radius 3 is 1.22 bits per heavy atom. The molecule has 0 N–H and O–H groups in total.